The SMILES string of the molecule is O=C(Nc1nc2cccc(-c3ccc(CC(=O)N4CCC(C(F)(F)F)CC4)cc3)n2n1)C1CC1.O=C(O)C1CC1. The minimum absolute atomic E-state index is 0.0185. The summed E-state index contributed by atoms with van der Waals surface area (Å²) < 4.78 is 40.2. The Hall–Kier alpha value is -3.96. The van der Waals surface area contributed by atoms with Crippen LogP contribution in [0.15, 0.2) is 42.5 Å². The summed E-state index contributed by atoms with van der Waals surface area (Å²) in [5.41, 5.74) is 3.03. The number of alkyl halides is 3. The summed E-state index contributed by atoms with van der Waals surface area (Å²) in [6, 6.07) is 13.0. The first-order chi connectivity index (χ1) is 19.1. The molecule has 212 valence electrons. The predicted octanol–water partition coefficient (Wildman–Crippen LogP) is 4.57. The molecule has 3 aliphatic rings. The van der Waals surface area contributed by atoms with Crippen LogP contribution in [0.1, 0.15) is 44.1 Å². The molecule has 3 heterocycles. The maximum absolute atomic E-state index is 12.9. The lowest BCUT2D eigenvalue weighted by Crippen LogP contribution is -2.42. The van der Waals surface area contributed by atoms with Gasteiger partial charge in [0.15, 0.2) is 5.65 Å². The maximum atomic E-state index is 12.9. The normalized spacial score (nSPS) is 17.7. The fourth-order valence-corrected chi connectivity index (χ4v) is 4.60. The summed E-state index contributed by atoms with van der Waals surface area (Å²) in [6.07, 6.45) is -0.553. The van der Waals surface area contributed by atoms with Gasteiger partial charge >= 0.3 is 12.1 Å². The van der Waals surface area contributed by atoms with E-state index in [0.29, 0.717) is 5.65 Å². The van der Waals surface area contributed by atoms with Gasteiger partial charge in [0.25, 0.3) is 0 Å². The number of rotatable bonds is 6. The van der Waals surface area contributed by atoms with Gasteiger partial charge in [-0.25, -0.2) is 4.52 Å². The molecule has 40 heavy (non-hydrogen) atoms. The molecule has 1 aromatic carbocycles. The molecule has 1 aliphatic heterocycles. The van der Waals surface area contributed by atoms with Crippen molar-refractivity contribution in [3.05, 3.63) is 48.0 Å². The lowest BCUT2D eigenvalue weighted by molar-refractivity contribution is -0.186. The first-order valence-electron chi connectivity index (χ1n) is 13.4. The van der Waals surface area contributed by atoms with E-state index in [9.17, 15) is 27.6 Å². The Morgan fingerprint density at radius 2 is 1.57 bits per heavy atom. The van der Waals surface area contributed by atoms with Crippen molar-refractivity contribution in [1.29, 1.82) is 0 Å². The van der Waals surface area contributed by atoms with Gasteiger partial charge in [-0.15, -0.1) is 5.10 Å². The summed E-state index contributed by atoms with van der Waals surface area (Å²) in [7, 11) is 0. The zero-order chi connectivity index (χ0) is 28.4. The quantitative estimate of drug-likeness (QED) is 0.459. The Bertz CT molecular complexity index is 1390. The van der Waals surface area contributed by atoms with Gasteiger partial charge < -0.3 is 10.0 Å². The lowest BCUT2D eigenvalue weighted by atomic mass is 9.96. The summed E-state index contributed by atoms with van der Waals surface area (Å²) in [4.78, 5) is 40.3. The number of amides is 2. The fourth-order valence-electron chi connectivity index (χ4n) is 4.60. The number of carboxylic acids is 1. The largest absolute Gasteiger partial charge is 0.481 e. The first kappa shape index (κ1) is 27.6. The Morgan fingerprint density at radius 1 is 0.925 bits per heavy atom. The highest BCUT2D eigenvalue weighted by Gasteiger charge is 2.41. The number of fused-ring (bicyclic) bond motifs is 1. The van der Waals surface area contributed by atoms with Crippen LogP contribution >= 0.6 is 0 Å². The number of carbonyl (C=O) groups excluding carboxylic acids is 2. The number of carboxylic acid groups (broad SMARTS) is 1. The van der Waals surface area contributed by atoms with Crippen molar-refractivity contribution in [3.63, 3.8) is 0 Å². The Labute approximate surface area is 228 Å². The highest BCUT2D eigenvalue weighted by atomic mass is 19.4. The van der Waals surface area contributed by atoms with E-state index < -0.39 is 18.1 Å². The molecule has 0 radical (unpaired) electrons. The monoisotopic (exact) mass is 557 g/mol. The summed E-state index contributed by atoms with van der Waals surface area (Å²) >= 11 is 0. The van der Waals surface area contributed by atoms with Gasteiger partial charge in [-0.05, 0) is 56.2 Å². The third kappa shape index (κ3) is 6.78. The van der Waals surface area contributed by atoms with E-state index in [2.05, 4.69) is 15.4 Å². The lowest BCUT2D eigenvalue weighted by Gasteiger charge is -2.33. The minimum atomic E-state index is -4.19. The highest BCUT2D eigenvalue weighted by molar-refractivity contribution is 5.92. The van der Waals surface area contributed by atoms with Crippen molar-refractivity contribution in [1.82, 2.24) is 19.5 Å². The molecule has 1 saturated heterocycles. The van der Waals surface area contributed by atoms with Crippen molar-refractivity contribution in [2.45, 2.75) is 51.1 Å². The summed E-state index contributed by atoms with van der Waals surface area (Å²) in [5.74, 6) is -1.84. The van der Waals surface area contributed by atoms with E-state index in [1.54, 1.807) is 10.6 Å². The van der Waals surface area contributed by atoms with Crippen LogP contribution in [0.5, 0.6) is 0 Å². The van der Waals surface area contributed by atoms with Crippen LogP contribution in [0.2, 0.25) is 0 Å². The number of benzene rings is 1. The highest BCUT2D eigenvalue weighted by Crippen LogP contribution is 2.34. The van der Waals surface area contributed by atoms with Crippen molar-refractivity contribution < 1.29 is 32.7 Å². The zero-order valence-corrected chi connectivity index (χ0v) is 21.7. The Morgan fingerprint density at radius 3 is 2.12 bits per heavy atom. The number of nitrogens with zero attached hydrogens (tertiary/aromatic N) is 4. The van der Waals surface area contributed by atoms with Gasteiger partial charge in [0.1, 0.15) is 0 Å². The number of halogens is 3. The van der Waals surface area contributed by atoms with E-state index >= 15 is 0 Å². The van der Waals surface area contributed by atoms with Crippen LogP contribution in [-0.4, -0.2) is 61.7 Å². The molecule has 2 saturated carbocycles. The predicted molar refractivity (Wildman–Crippen MR) is 139 cm³/mol. The van der Waals surface area contributed by atoms with Crippen LogP contribution in [0.25, 0.3) is 16.9 Å². The number of nitrogens with one attached hydrogen (secondary N) is 1. The molecule has 0 atom stereocenters. The summed E-state index contributed by atoms with van der Waals surface area (Å²) in [5, 5.41) is 15.2. The minimum Gasteiger partial charge on any atom is -0.481 e. The Kier molecular flexibility index (Phi) is 7.77. The molecular formula is C28H30F3N5O4. The van der Waals surface area contributed by atoms with Crippen LogP contribution in [0.4, 0.5) is 19.1 Å². The first-order valence-corrected chi connectivity index (χ1v) is 13.4. The second-order valence-corrected chi connectivity index (χ2v) is 10.6. The molecule has 2 aromatic heterocycles. The zero-order valence-electron chi connectivity index (χ0n) is 21.7. The molecule has 3 aromatic rings. The van der Waals surface area contributed by atoms with Gasteiger partial charge in [0, 0.05) is 24.6 Å². The average molecular weight is 558 g/mol. The van der Waals surface area contributed by atoms with Gasteiger partial charge in [0.2, 0.25) is 17.8 Å². The van der Waals surface area contributed by atoms with Gasteiger partial charge in [0.05, 0.1) is 24.0 Å². The molecule has 3 fully saturated rings. The third-order valence-electron chi connectivity index (χ3n) is 7.39. The van der Waals surface area contributed by atoms with Crippen LogP contribution in [0.3, 0.4) is 0 Å². The number of carbonyl (C=O) groups is 3. The summed E-state index contributed by atoms with van der Waals surface area (Å²) in [6.45, 7) is 0.268. The fraction of sp³-hybridized carbons (Fsp3) is 0.464. The number of likely N-dealkylation sites (tertiary alicyclic amines) is 1. The van der Waals surface area contributed by atoms with Crippen molar-refractivity contribution in [2.75, 3.05) is 18.4 Å². The second-order valence-electron chi connectivity index (χ2n) is 10.6. The smallest absolute Gasteiger partial charge is 0.391 e. The molecule has 6 rings (SSSR count). The topological polar surface area (TPSA) is 117 Å². The molecule has 2 aliphatic carbocycles. The number of aromatic nitrogens is 3. The van der Waals surface area contributed by atoms with Crippen molar-refractivity contribution >= 4 is 29.4 Å². The molecule has 0 spiro atoms. The molecule has 0 unspecified atom stereocenters. The number of hydrogen-bond donors (Lipinski definition) is 2. The van der Waals surface area contributed by atoms with E-state index in [1.807, 2.05) is 36.4 Å². The van der Waals surface area contributed by atoms with Crippen LogP contribution in [-0.2, 0) is 20.8 Å². The van der Waals surface area contributed by atoms with Gasteiger partial charge in [-0.1, -0.05) is 30.3 Å². The van der Waals surface area contributed by atoms with E-state index in [0.717, 1.165) is 42.5 Å². The number of pyridine rings is 1. The van der Waals surface area contributed by atoms with Gasteiger partial charge in [-0.2, -0.15) is 18.2 Å². The van der Waals surface area contributed by atoms with Gasteiger partial charge in [-0.3, -0.25) is 19.7 Å². The number of hydrogen-bond acceptors (Lipinski definition) is 5. The van der Waals surface area contributed by atoms with E-state index in [1.165, 1.54) is 4.90 Å². The van der Waals surface area contributed by atoms with Crippen LogP contribution < -0.4 is 5.32 Å². The average Bonchev–Trinajstić information content (AvgIpc) is 3.85. The number of anilines is 1. The van der Waals surface area contributed by atoms with Crippen LogP contribution in [0, 0.1) is 17.8 Å². The number of aliphatic carboxylic acids is 1. The third-order valence-corrected chi connectivity index (χ3v) is 7.39. The van der Waals surface area contributed by atoms with E-state index in [-0.39, 0.29) is 62.0 Å². The maximum Gasteiger partial charge on any atom is 0.391 e. The molecular weight excluding hydrogens is 527 g/mol. The number of piperidine rings is 1. The molecule has 2 amide bonds. The molecule has 12 heteroatoms. The van der Waals surface area contributed by atoms with Crippen molar-refractivity contribution in [3.8, 4) is 11.3 Å². The van der Waals surface area contributed by atoms with Crippen molar-refractivity contribution in [2.24, 2.45) is 17.8 Å². The molecule has 2 N–H and O–H groups in total. The Balaban J connectivity index is 0.000000477. The second kappa shape index (κ2) is 11.3. The molecule has 0 bridgehead atoms. The van der Waals surface area contributed by atoms with E-state index in [4.69, 9.17) is 5.11 Å². The molecule has 9 nitrogen and oxygen atoms in total. The standard InChI is InChI=1S/C24H24F3N5O2.C4H6O2/c25-24(26,27)18-10-12-31(13-11-18)21(33)14-15-4-6-16(7-5-15)19-2-1-3-20-28-23(30-32(19)20)29-22(34)17-8-9-17;5-4(6)3-1-2-3/h1-7,17-18H,8-14H2,(H,29,30,34);3H,1-2H2,(H,5,6).